The molecule has 27 heavy (non-hydrogen) atoms. The van der Waals surface area contributed by atoms with Gasteiger partial charge in [0.05, 0.1) is 5.69 Å². The number of anilines is 2. The molecule has 6 heteroatoms. The normalized spacial score (nSPS) is 10.7. The number of carbonyl (C=O) groups excluding carboxylic acids is 1. The highest BCUT2D eigenvalue weighted by atomic mass is 16.2. The maximum absolute atomic E-state index is 12.2. The van der Waals surface area contributed by atoms with Gasteiger partial charge in [0.25, 0.3) is 0 Å². The SMILES string of the molecule is Cc1ccc(NC(=O)Nc2ccc(-c3cn4cccnc4n3)cc2)c(C)c1. The van der Waals surface area contributed by atoms with Crippen LogP contribution in [0.1, 0.15) is 11.1 Å². The molecule has 0 saturated carbocycles. The van der Waals surface area contributed by atoms with Gasteiger partial charge in [0.15, 0.2) is 0 Å². The first-order chi connectivity index (χ1) is 13.1. The zero-order valence-corrected chi connectivity index (χ0v) is 15.1. The number of fused-ring (bicyclic) bond motifs is 1. The molecule has 2 aromatic carbocycles. The lowest BCUT2D eigenvalue weighted by atomic mass is 10.1. The van der Waals surface area contributed by atoms with Crippen molar-refractivity contribution in [2.75, 3.05) is 10.6 Å². The van der Waals surface area contributed by atoms with Gasteiger partial charge in [-0.3, -0.25) is 4.40 Å². The molecule has 0 bridgehead atoms. The lowest BCUT2D eigenvalue weighted by Gasteiger charge is -2.10. The highest BCUT2D eigenvalue weighted by Gasteiger charge is 2.07. The van der Waals surface area contributed by atoms with Gasteiger partial charge in [0.2, 0.25) is 5.78 Å². The number of aryl methyl sites for hydroxylation is 2. The van der Waals surface area contributed by atoms with E-state index in [1.807, 2.05) is 79.2 Å². The van der Waals surface area contributed by atoms with Gasteiger partial charge in [-0.2, -0.15) is 0 Å². The number of urea groups is 1. The fraction of sp³-hybridized carbons (Fsp3) is 0.0952. The van der Waals surface area contributed by atoms with Gasteiger partial charge in [-0.15, -0.1) is 0 Å². The molecule has 6 nitrogen and oxygen atoms in total. The summed E-state index contributed by atoms with van der Waals surface area (Å²) in [5, 5.41) is 5.73. The topological polar surface area (TPSA) is 71.3 Å². The second-order valence-corrected chi connectivity index (χ2v) is 6.43. The third-order valence-electron chi connectivity index (χ3n) is 4.30. The highest BCUT2D eigenvalue weighted by Crippen LogP contribution is 2.21. The van der Waals surface area contributed by atoms with Crippen LogP contribution in [0.3, 0.4) is 0 Å². The molecule has 0 unspecified atom stereocenters. The van der Waals surface area contributed by atoms with Gasteiger partial charge >= 0.3 is 6.03 Å². The van der Waals surface area contributed by atoms with Crippen molar-refractivity contribution < 1.29 is 4.79 Å². The van der Waals surface area contributed by atoms with Crippen molar-refractivity contribution in [3.63, 3.8) is 0 Å². The fourth-order valence-electron chi connectivity index (χ4n) is 2.93. The van der Waals surface area contributed by atoms with E-state index in [2.05, 4.69) is 20.6 Å². The van der Waals surface area contributed by atoms with Gasteiger partial charge < -0.3 is 10.6 Å². The van der Waals surface area contributed by atoms with Gasteiger partial charge in [-0.25, -0.2) is 14.8 Å². The summed E-state index contributed by atoms with van der Waals surface area (Å²) in [5.41, 5.74) is 5.49. The number of nitrogens with one attached hydrogen (secondary N) is 2. The molecule has 0 radical (unpaired) electrons. The summed E-state index contributed by atoms with van der Waals surface area (Å²) in [4.78, 5) is 21.0. The summed E-state index contributed by atoms with van der Waals surface area (Å²) in [6, 6.07) is 15.1. The van der Waals surface area contributed by atoms with E-state index in [4.69, 9.17) is 0 Å². The third kappa shape index (κ3) is 3.64. The molecule has 0 aliphatic carbocycles. The predicted octanol–water partition coefficient (Wildman–Crippen LogP) is 4.66. The standard InChI is InChI=1S/C21H19N5O/c1-14-4-9-18(15(2)12-14)25-21(27)23-17-7-5-16(6-8-17)19-13-26-11-3-10-22-20(26)24-19/h3-13H,1-2H3,(H2,23,25,27). The van der Waals surface area contributed by atoms with Crippen molar-refractivity contribution in [3.05, 3.63) is 78.2 Å². The van der Waals surface area contributed by atoms with Crippen molar-refractivity contribution in [1.82, 2.24) is 14.4 Å². The van der Waals surface area contributed by atoms with Gasteiger partial charge in [-0.05, 0) is 43.7 Å². The van der Waals surface area contributed by atoms with Crippen LogP contribution in [0.2, 0.25) is 0 Å². The van der Waals surface area contributed by atoms with Crippen molar-refractivity contribution in [3.8, 4) is 11.3 Å². The number of aromatic nitrogens is 3. The van der Waals surface area contributed by atoms with Crippen molar-refractivity contribution in [1.29, 1.82) is 0 Å². The number of amides is 2. The molecule has 0 spiro atoms. The Labute approximate surface area is 156 Å². The molecule has 2 amide bonds. The zero-order valence-electron chi connectivity index (χ0n) is 15.1. The summed E-state index contributed by atoms with van der Waals surface area (Å²) in [6.07, 6.45) is 5.55. The molecule has 0 aliphatic heterocycles. The molecule has 2 aromatic heterocycles. The maximum atomic E-state index is 12.2. The first kappa shape index (κ1) is 16.8. The van der Waals surface area contributed by atoms with E-state index in [0.717, 1.165) is 28.1 Å². The minimum atomic E-state index is -0.272. The molecule has 0 atom stereocenters. The number of carbonyl (C=O) groups is 1. The summed E-state index contributed by atoms with van der Waals surface area (Å²) in [6.45, 7) is 4.00. The van der Waals surface area contributed by atoms with Gasteiger partial charge in [0.1, 0.15) is 0 Å². The van der Waals surface area contributed by atoms with Crippen LogP contribution < -0.4 is 10.6 Å². The van der Waals surface area contributed by atoms with E-state index >= 15 is 0 Å². The second-order valence-electron chi connectivity index (χ2n) is 6.43. The van der Waals surface area contributed by atoms with Crippen LogP contribution in [0.25, 0.3) is 17.0 Å². The number of benzene rings is 2. The van der Waals surface area contributed by atoms with Crippen molar-refractivity contribution >= 4 is 23.2 Å². The molecule has 134 valence electrons. The van der Waals surface area contributed by atoms with Gasteiger partial charge in [-0.1, -0.05) is 29.8 Å². The Balaban J connectivity index is 1.46. The Bertz CT molecular complexity index is 1080. The van der Waals surface area contributed by atoms with Crippen LogP contribution in [-0.2, 0) is 0 Å². The molecule has 0 aliphatic rings. The van der Waals surface area contributed by atoms with E-state index in [9.17, 15) is 4.79 Å². The molecule has 0 saturated heterocycles. The van der Waals surface area contributed by atoms with E-state index < -0.39 is 0 Å². The number of hydrogen-bond donors (Lipinski definition) is 2. The molecule has 2 N–H and O–H groups in total. The van der Waals surface area contributed by atoms with Crippen molar-refractivity contribution in [2.24, 2.45) is 0 Å². The van der Waals surface area contributed by atoms with E-state index in [1.165, 1.54) is 0 Å². The Kier molecular flexibility index (Phi) is 4.30. The Morgan fingerprint density at radius 2 is 1.85 bits per heavy atom. The zero-order chi connectivity index (χ0) is 18.8. The van der Waals surface area contributed by atoms with E-state index in [0.29, 0.717) is 11.5 Å². The number of nitrogens with zero attached hydrogens (tertiary/aromatic N) is 3. The van der Waals surface area contributed by atoms with Crippen LogP contribution in [0.5, 0.6) is 0 Å². The highest BCUT2D eigenvalue weighted by molar-refractivity contribution is 6.00. The summed E-state index contributed by atoms with van der Waals surface area (Å²) < 4.78 is 1.87. The van der Waals surface area contributed by atoms with E-state index in [-0.39, 0.29) is 6.03 Å². The first-order valence-electron chi connectivity index (χ1n) is 8.64. The monoisotopic (exact) mass is 357 g/mol. The smallest absolute Gasteiger partial charge is 0.308 e. The van der Waals surface area contributed by atoms with Crippen LogP contribution >= 0.6 is 0 Å². The molecular formula is C21H19N5O. The molecule has 2 heterocycles. The molecular weight excluding hydrogens is 338 g/mol. The number of hydrogen-bond acceptors (Lipinski definition) is 3. The maximum Gasteiger partial charge on any atom is 0.323 e. The lowest BCUT2D eigenvalue weighted by molar-refractivity contribution is 0.262. The molecule has 0 fully saturated rings. The quantitative estimate of drug-likeness (QED) is 0.560. The third-order valence-corrected chi connectivity index (χ3v) is 4.30. The second kappa shape index (κ2) is 6.92. The molecule has 4 aromatic rings. The largest absolute Gasteiger partial charge is 0.323 e. The Morgan fingerprint density at radius 3 is 2.59 bits per heavy atom. The minimum Gasteiger partial charge on any atom is -0.308 e. The molecule has 4 rings (SSSR count). The summed E-state index contributed by atoms with van der Waals surface area (Å²) in [7, 11) is 0. The average Bonchev–Trinajstić information content (AvgIpc) is 3.09. The average molecular weight is 357 g/mol. The number of rotatable bonds is 3. The van der Waals surface area contributed by atoms with Crippen LogP contribution in [0.4, 0.5) is 16.2 Å². The minimum absolute atomic E-state index is 0.272. The summed E-state index contributed by atoms with van der Waals surface area (Å²) in [5.74, 6) is 0.655. The van der Waals surface area contributed by atoms with E-state index in [1.54, 1.807) is 6.20 Å². The summed E-state index contributed by atoms with van der Waals surface area (Å²) >= 11 is 0. The first-order valence-corrected chi connectivity index (χ1v) is 8.64. The van der Waals surface area contributed by atoms with Crippen LogP contribution in [0.15, 0.2) is 67.1 Å². The Morgan fingerprint density at radius 1 is 1.04 bits per heavy atom. The van der Waals surface area contributed by atoms with Crippen LogP contribution in [0, 0.1) is 13.8 Å². The fourth-order valence-corrected chi connectivity index (χ4v) is 2.93. The predicted molar refractivity (Wildman–Crippen MR) is 107 cm³/mol. The van der Waals surface area contributed by atoms with Crippen molar-refractivity contribution in [2.45, 2.75) is 13.8 Å². The Hall–Kier alpha value is -3.67. The van der Waals surface area contributed by atoms with Gasteiger partial charge in [0, 0.05) is 35.5 Å². The number of imidazole rings is 1. The lowest BCUT2D eigenvalue weighted by Crippen LogP contribution is -2.19. The van der Waals surface area contributed by atoms with Crippen LogP contribution in [-0.4, -0.2) is 20.4 Å².